The molecule has 2 nitrogen and oxygen atoms in total. The minimum absolute atomic E-state index is 0.365. The number of hydrogen-bond donors (Lipinski definition) is 1. The fraction of sp³-hybridized carbons (Fsp3) is 0.636. The minimum Gasteiger partial charge on any atom is -0.453 e. The lowest BCUT2D eigenvalue weighted by molar-refractivity contribution is 0.387. The zero-order chi connectivity index (χ0) is 9.97. The highest BCUT2D eigenvalue weighted by molar-refractivity contribution is 6.29. The van der Waals surface area contributed by atoms with E-state index in [0.717, 1.165) is 11.5 Å². The van der Waals surface area contributed by atoms with Gasteiger partial charge in [0.2, 0.25) is 0 Å². The van der Waals surface area contributed by atoms with Gasteiger partial charge in [-0.2, -0.15) is 0 Å². The fourth-order valence-corrected chi connectivity index (χ4v) is 2.69. The van der Waals surface area contributed by atoms with E-state index in [4.69, 9.17) is 16.0 Å². The summed E-state index contributed by atoms with van der Waals surface area (Å²) >= 11 is 5.99. The van der Waals surface area contributed by atoms with Crippen molar-refractivity contribution in [1.82, 2.24) is 5.32 Å². The minimum atomic E-state index is 0.365. The van der Waals surface area contributed by atoms with Gasteiger partial charge < -0.3 is 9.73 Å². The second-order valence-corrected chi connectivity index (χ2v) is 4.30. The molecule has 0 amide bonds. The molecular weight excluding hydrogens is 198 g/mol. The van der Waals surface area contributed by atoms with Crippen LogP contribution in [0.15, 0.2) is 16.7 Å². The summed E-state index contributed by atoms with van der Waals surface area (Å²) in [7, 11) is 1.99. The molecule has 1 heterocycles. The van der Waals surface area contributed by atoms with Crippen LogP contribution >= 0.6 is 11.6 Å². The Bertz CT molecular complexity index is 291. The normalized spacial score (nSPS) is 20.1. The topological polar surface area (TPSA) is 25.2 Å². The Morgan fingerprint density at radius 1 is 1.50 bits per heavy atom. The molecule has 1 aliphatic carbocycles. The lowest BCUT2D eigenvalue weighted by atomic mass is 9.93. The summed E-state index contributed by atoms with van der Waals surface area (Å²) in [6.45, 7) is 0. The maximum absolute atomic E-state index is 5.99. The van der Waals surface area contributed by atoms with Gasteiger partial charge in [0.25, 0.3) is 0 Å². The summed E-state index contributed by atoms with van der Waals surface area (Å²) in [4.78, 5) is 0. The van der Waals surface area contributed by atoms with E-state index >= 15 is 0 Å². The molecule has 1 fully saturated rings. The summed E-state index contributed by atoms with van der Waals surface area (Å²) in [6.07, 6.45) is 6.95. The maximum Gasteiger partial charge on any atom is 0.197 e. The zero-order valence-corrected chi connectivity index (χ0v) is 9.18. The zero-order valence-electron chi connectivity index (χ0n) is 8.42. The Balaban J connectivity index is 2.16. The molecule has 14 heavy (non-hydrogen) atoms. The summed E-state index contributed by atoms with van der Waals surface area (Å²) in [5, 5.41) is 3.88. The summed E-state index contributed by atoms with van der Waals surface area (Å²) in [5.41, 5.74) is 1.11. The van der Waals surface area contributed by atoms with Crippen molar-refractivity contribution >= 4 is 11.6 Å². The third kappa shape index (κ3) is 1.82. The lowest BCUT2D eigenvalue weighted by Crippen LogP contribution is -2.23. The van der Waals surface area contributed by atoms with Crippen LogP contribution in [-0.4, -0.2) is 7.05 Å². The van der Waals surface area contributed by atoms with Gasteiger partial charge in [0.1, 0.15) is 0 Å². The molecule has 1 unspecified atom stereocenters. The van der Waals surface area contributed by atoms with E-state index in [-0.39, 0.29) is 0 Å². The van der Waals surface area contributed by atoms with Crippen molar-refractivity contribution in [3.05, 3.63) is 23.1 Å². The second-order valence-electron chi connectivity index (χ2n) is 3.96. The van der Waals surface area contributed by atoms with Crippen LogP contribution in [0.5, 0.6) is 0 Å². The molecule has 1 N–H and O–H groups in total. The number of nitrogens with one attached hydrogen (secondary N) is 1. The molecule has 0 aromatic carbocycles. The van der Waals surface area contributed by atoms with Crippen LogP contribution in [0, 0.1) is 5.92 Å². The van der Waals surface area contributed by atoms with Crippen LogP contribution in [0.3, 0.4) is 0 Å². The Morgan fingerprint density at radius 2 is 2.21 bits per heavy atom. The van der Waals surface area contributed by atoms with Crippen LogP contribution in [-0.2, 0) is 0 Å². The van der Waals surface area contributed by atoms with Crippen LogP contribution in [0.1, 0.15) is 37.3 Å². The average molecular weight is 214 g/mol. The number of rotatable bonds is 3. The Kier molecular flexibility index (Phi) is 3.14. The molecular formula is C11H16ClNO. The van der Waals surface area contributed by atoms with Gasteiger partial charge in [-0.3, -0.25) is 0 Å². The first-order valence-electron chi connectivity index (χ1n) is 5.23. The third-order valence-corrected chi connectivity index (χ3v) is 3.47. The average Bonchev–Trinajstić information content (AvgIpc) is 2.80. The summed E-state index contributed by atoms with van der Waals surface area (Å²) in [5.74, 6) is 0.718. The van der Waals surface area contributed by atoms with E-state index in [0.29, 0.717) is 11.3 Å². The van der Waals surface area contributed by atoms with E-state index < -0.39 is 0 Å². The predicted octanol–water partition coefficient (Wildman–Crippen LogP) is 3.38. The Hall–Kier alpha value is -0.470. The molecule has 3 heteroatoms. The molecule has 78 valence electrons. The second kappa shape index (κ2) is 4.37. The Morgan fingerprint density at radius 3 is 2.71 bits per heavy atom. The van der Waals surface area contributed by atoms with Crippen molar-refractivity contribution in [2.45, 2.75) is 31.7 Å². The molecule has 0 radical (unpaired) electrons. The first kappa shape index (κ1) is 10.1. The maximum atomic E-state index is 5.99. The van der Waals surface area contributed by atoms with Gasteiger partial charge >= 0.3 is 0 Å². The molecule has 2 rings (SSSR count). The summed E-state index contributed by atoms with van der Waals surface area (Å²) in [6, 6.07) is 2.34. The van der Waals surface area contributed by atoms with E-state index in [9.17, 15) is 0 Å². The van der Waals surface area contributed by atoms with Crippen LogP contribution < -0.4 is 5.32 Å². The van der Waals surface area contributed by atoms with Crippen LogP contribution in [0.2, 0.25) is 5.22 Å². The van der Waals surface area contributed by atoms with Gasteiger partial charge in [-0.25, -0.2) is 0 Å². The molecule has 0 saturated heterocycles. The number of halogens is 1. The van der Waals surface area contributed by atoms with Gasteiger partial charge in [0.15, 0.2) is 5.22 Å². The molecule has 1 aromatic heterocycles. The van der Waals surface area contributed by atoms with E-state index in [1.165, 1.54) is 25.7 Å². The highest BCUT2D eigenvalue weighted by Gasteiger charge is 2.27. The van der Waals surface area contributed by atoms with Gasteiger partial charge in [0, 0.05) is 11.6 Å². The highest BCUT2D eigenvalue weighted by Crippen LogP contribution is 2.38. The van der Waals surface area contributed by atoms with E-state index in [1.807, 2.05) is 13.1 Å². The van der Waals surface area contributed by atoms with Crippen molar-refractivity contribution in [3.63, 3.8) is 0 Å². The van der Waals surface area contributed by atoms with Crippen molar-refractivity contribution in [1.29, 1.82) is 0 Å². The van der Waals surface area contributed by atoms with Crippen molar-refractivity contribution in [3.8, 4) is 0 Å². The molecule has 0 bridgehead atoms. The Labute approximate surface area is 89.6 Å². The van der Waals surface area contributed by atoms with Gasteiger partial charge in [-0.15, -0.1) is 0 Å². The number of hydrogen-bond acceptors (Lipinski definition) is 2. The summed E-state index contributed by atoms with van der Waals surface area (Å²) < 4.78 is 5.13. The molecule has 0 spiro atoms. The molecule has 0 aliphatic heterocycles. The third-order valence-electron chi connectivity index (χ3n) is 3.16. The first-order chi connectivity index (χ1) is 6.83. The van der Waals surface area contributed by atoms with Gasteiger partial charge in [-0.05, 0) is 43.5 Å². The predicted molar refractivity (Wildman–Crippen MR) is 57.5 cm³/mol. The first-order valence-corrected chi connectivity index (χ1v) is 5.61. The fourth-order valence-electron chi connectivity index (χ4n) is 2.46. The smallest absolute Gasteiger partial charge is 0.197 e. The van der Waals surface area contributed by atoms with E-state index in [2.05, 4.69) is 5.32 Å². The SMILES string of the molecule is CNC(c1ccoc1Cl)C1CCCC1. The molecule has 1 aliphatic rings. The van der Waals surface area contributed by atoms with Crippen molar-refractivity contribution in [2.24, 2.45) is 5.92 Å². The van der Waals surface area contributed by atoms with Crippen molar-refractivity contribution < 1.29 is 4.42 Å². The molecule has 1 atom stereocenters. The monoisotopic (exact) mass is 213 g/mol. The van der Waals surface area contributed by atoms with Gasteiger partial charge in [-0.1, -0.05) is 12.8 Å². The molecule has 1 aromatic rings. The highest BCUT2D eigenvalue weighted by atomic mass is 35.5. The molecule has 1 saturated carbocycles. The largest absolute Gasteiger partial charge is 0.453 e. The van der Waals surface area contributed by atoms with Crippen LogP contribution in [0.25, 0.3) is 0 Å². The quantitative estimate of drug-likeness (QED) is 0.833. The van der Waals surface area contributed by atoms with Crippen LogP contribution in [0.4, 0.5) is 0 Å². The number of furan rings is 1. The lowest BCUT2D eigenvalue weighted by Gasteiger charge is -2.21. The van der Waals surface area contributed by atoms with E-state index in [1.54, 1.807) is 6.26 Å². The van der Waals surface area contributed by atoms with Gasteiger partial charge in [0.05, 0.1) is 6.26 Å². The van der Waals surface area contributed by atoms with Crippen molar-refractivity contribution in [2.75, 3.05) is 7.05 Å². The standard InChI is InChI=1S/C11H16ClNO/c1-13-10(8-4-2-3-5-8)9-6-7-14-11(9)12/h6-8,10,13H,2-5H2,1H3.